The molecule has 0 aliphatic rings. The Morgan fingerprint density at radius 1 is 1.17 bits per heavy atom. The molecule has 0 saturated heterocycles. The van der Waals surface area contributed by atoms with E-state index < -0.39 is 13.9 Å². The molecule has 0 saturated carbocycles. The minimum absolute atomic E-state index is 0.233. The highest BCUT2D eigenvalue weighted by atomic mass is 28.4. The summed E-state index contributed by atoms with van der Waals surface area (Å²) < 4.78 is 5.99. The highest BCUT2D eigenvalue weighted by Crippen LogP contribution is 2.36. The topological polar surface area (TPSA) is 59.0 Å². The second kappa shape index (κ2) is 6.38. The summed E-state index contributed by atoms with van der Waals surface area (Å²) in [4.78, 5) is 0. The van der Waals surface area contributed by atoms with Gasteiger partial charge < -0.3 is 10.2 Å². The third-order valence-electron chi connectivity index (χ3n) is 3.33. The minimum Gasteiger partial charge on any atom is -0.416 e. The number of nitrogens with zero attached hydrogens (tertiary/aromatic N) is 1. The van der Waals surface area contributed by atoms with E-state index in [9.17, 15) is 0 Å². The largest absolute Gasteiger partial charge is 0.416 e. The number of nitrogens with two attached hydrogens (primary N) is 1. The zero-order valence-corrected chi connectivity index (χ0v) is 13.6. The maximum atomic E-state index is 8.73. The van der Waals surface area contributed by atoms with Crippen LogP contribution in [0.25, 0.3) is 0 Å². The molecule has 0 aliphatic heterocycles. The van der Waals surface area contributed by atoms with Crippen LogP contribution in [0.5, 0.6) is 0 Å². The molecule has 0 aromatic carbocycles. The molecular formula is C14H26N2OSi. The Morgan fingerprint density at radius 2 is 1.72 bits per heavy atom. The summed E-state index contributed by atoms with van der Waals surface area (Å²) in [5.74, 6) is 5.96. The van der Waals surface area contributed by atoms with Crippen molar-refractivity contribution >= 4 is 8.32 Å². The predicted molar refractivity (Wildman–Crippen MR) is 78.4 cm³/mol. The lowest BCUT2D eigenvalue weighted by molar-refractivity contribution is 0.296. The first-order chi connectivity index (χ1) is 8.02. The van der Waals surface area contributed by atoms with E-state index in [1.54, 1.807) is 6.92 Å². The van der Waals surface area contributed by atoms with E-state index in [0.717, 1.165) is 0 Å². The minimum atomic E-state index is -1.65. The Morgan fingerprint density at radius 3 is 2.17 bits per heavy atom. The molecule has 4 heteroatoms. The van der Waals surface area contributed by atoms with Gasteiger partial charge in [-0.15, -0.1) is 11.8 Å². The predicted octanol–water partition coefficient (Wildman–Crippen LogP) is 3.03. The summed E-state index contributed by atoms with van der Waals surface area (Å²) in [5, 5.41) is 8.96. The second-order valence-corrected chi connectivity index (χ2v) is 11.2. The maximum absolute atomic E-state index is 8.73. The van der Waals surface area contributed by atoms with Gasteiger partial charge in [-0.3, -0.25) is 0 Å². The average molecular weight is 266 g/mol. The summed E-state index contributed by atoms with van der Waals surface area (Å²) in [6, 6.07) is 2.03. The Bertz CT molecular complexity index is 364. The van der Waals surface area contributed by atoms with Crippen LogP contribution >= 0.6 is 0 Å². The number of rotatable bonds is 4. The molecule has 3 nitrogen and oxygen atoms in total. The molecule has 0 amide bonds. The van der Waals surface area contributed by atoms with Crippen LogP contribution in [-0.4, -0.2) is 20.5 Å². The van der Waals surface area contributed by atoms with Gasteiger partial charge >= 0.3 is 0 Å². The van der Waals surface area contributed by atoms with Crippen molar-refractivity contribution in [2.75, 3.05) is 6.61 Å². The van der Waals surface area contributed by atoms with Crippen LogP contribution in [0.3, 0.4) is 0 Å². The standard InChI is InChI=1S/C14H26N2OSi/c1-13(2,3)18(5,6)17-11-9-7-8-10-14(4,16)12-15/h9-11,16H2,1-6H3. The first-order valence-electron chi connectivity index (χ1n) is 6.32. The van der Waals surface area contributed by atoms with E-state index >= 15 is 0 Å². The summed E-state index contributed by atoms with van der Waals surface area (Å²) in [6.45, 7) is 13.5. The lowest BCUT2D eigenvalue weighted by Gasteiger charge is -2.35. The fraction of sp³-hybridized carbons (Fsp3) is 0.786. The van der Waals surface area contributed by atoms with Crippen LogP contribution in [0.1, 0.15) is 40.5 Å². The van der Waals surface area contributed by atoms with Crippen molar-refractivity contribution in [3.63, 3.8) is 0 Å². The van der Waals surface area contributed by atoms with Gasteiger partial charge in [-0.25, -0.2) is 0 Å². The van der Waals surface area contributed by atoms with E-state index in [-0.39, 0.29) is 5.04 Å². The quantitative estimate of drug-likeness (QED) is 0.483. The highest BCUT2D eigenvalue weighted by Gasteiger charge is 2.36. The smallest absolute Gasteiger partial charge is 0.192 e. The van der Waals surface area contributed by atoms with Crippen molar-refractivity contribution in [2.45, 2.75) is 64.2 Å². The van der Waals surface area contributed by atoms with Crippen LogP contribution in [0, 0.1) is 23.2 Å². The van der Waals surface area contributed by atoms with Crippen LogP contribution in [0.2, 0.25) is 18.1 Å². The molecule has 0 aromatic heterocycles. The fourth-order valence-electron chi connectivity index (χ4n) is 0.948. The van der Waals surface area contributed by atoms with Gasteiger partial charge in [0.15, 0.2) is 8.32 Å². The molecule has 0 bridgehead atoms. The van der Waals surface area contributed by atoms with Crippen molar-refractivity contribution in [1.82, 2.24) is 0 Å². The summed E-state index contributed by atoms with van der Waals surface area (Å²) in [6.07, 6.45) is 1.11. The lowest BCUT2D eigenvalue weighted by Crippen LogP contribution is -2.40. The highest BCUT2D eigenvalue weighted by molar-refractivity contribution is 6.74. The molecule has 1 unspecified atom stereocenters. The Labute approximate surface area is 113 Å². The molecule has 0 heterocycles. The number of hydrogen-bond acceptors (Lipinski definition) is 3. The number of hydrogen-bond donors (Lipinski definition) is 1. The molecular weight excluding hydrogens is 240 g/mol. The van der Waals surface area contributed by atoms with Crippen LogP contribution in [0.4, 0.5) is 0 Å². The van der Waals surface area contributed by atoms with Crippen LogP contribution in [-0.2, 0) is 4.43 Å². The average Bonchev–Trinajstić information content (AvgIpc) is 2.21. The molecule has 0 spiro atoms. The van der Waals surface area contributed by atoms with Gasteiger partial charge in [0.1, 0.15) is 5.54 Å². The zero-order chi connectivity index (χ0) is 14.4. The molecule has 2 N–H and O–H groups in total. The first-order valence-corrected chi connectivity index (χ1v) is 9.22. The van der Waals surface area contributed by atoms with Gasteiger partial charge in [0.05, 0.1) is 6.07 Å². The first kappa shape index (κ1) is 17.2. The molecule has 0 fully saturated rings. The van der Waals surface area contributed by atoms with Crippen molar-refractivity contribution in [1.29, 1.82) is 5.26 Å². The maximum Gasteiger partial charge on any atom is 0.192 e. The van der Waals surface area contributed by atoms with Crippen molar-refractivity contribution in [3.05, 3.63) is 0 Å². The molecule has 0 radical (unpaired) electrons. The summed E-state index contributed by atoms with van der Waals surface area (Å²) >= 11 is 0. The normalized spacial score (nSPS) is 15.2. The van der Waals surface area contributed by atoms with Gasteiger partial charge in [-0.1, -0.05) is 20.8 Å². The number of nitriles is 1. The van der Waals surface area contributed by atoms with Crippen LogP contribution < -0.4 is 5.73 Å². The Hall–Kier alpha value is -0.813. The molecule has 18 heavy (non-hydrogen) atoms. The fourth-order valence-corrected chi connectivity index (χ4v) is 1.99. The second-order valence-electron chi connectivity index (χ2n) is 6.42. The zero-order valence-electron chi connectivity index (χ0n) is 12.6. The van der Waals surface area contributed by atoms with Crippen LogP contribution in [0.15, 0.2) is 0 Å². The molecule has 0 aliphatic carbocycles. The molecule has 102 valence electrons. The monoisotopic (exact) mass is 266 g/mol. The van der Waals surface area contributed by atoms with E-state index in [1.165, 1.54) is 0 Å². The third-order valence-corrected chi connectivity index (χ3v) is 7.87. The lowest BCUT2D eigenvalue weighted by atomic mass is 10.0. The van der Waals surface area contributed by atoms with Gasteiger partial charge in [0.25, 0.3) is 0 Å². The van der Waals surface area contributed by atoms with Gasteiger partial charge in [-0.05, 0) is 25.1 Å². The van der Waals surface area contributed by atoms with Gasteiger partial charge in [0.2, 0.25) is 0 Å². The molecule has 0 rings (SSSR count). The Balaban J connectivity index is 4.04. The molecule has 0 aromatic rings. The summed E-state index contributed by atoms with van der Waals surface area (Å²) in [5.41, 5.74) is 4.83. The SMILES string of the molecule is CC(N)(C#N)CC#CCCO[Si](C)(C)C(C)(C)C. The van der Waals surface area contributed by atoms with E-state index in [4.69, 9.17) is 15.4 Å². The Kier molecular flexibility index (Phi) is 6.09. The van der Waals surface area contributed by atoms with E-state index in [2.05, 4.69) is 45.7 Å². The van der Waals surface area contributed by atoms with Gasteiger partial charge in [0, 0.05) is 19.4 Å². The van der Waals surface area contributed by atoms with Gasteiger partial charge in [-0.2, -0.15) is 5.26 Å². The molecule has 1 atom stereocenters. The van der Waals surface area contributed by atoms with E-state index in [1.807, 2.05) is 6.07 Å². The van der Waals surface area contributed by atoms with Crippen molar-refractivity contribution in [2.24, 2.45) is 5.73 Å². The van der Waals surface area contributed by atoms with Crippen molar-refractivity contribution in [3.8, 4) is 17.9 Å². The summed E-state index contributed by atoms with van der Waals surface area (Å²) in [7, 11) is -1.65. The van der Waals surface area contributed by atoms with Crippen molar-refractivity contribution < 1.29 is 4.43 Å². The van der Waals surface area contributed by atoms with E-state index in [0.29, 0.717) is 19.4 Å². The third kappa shape index (κ3) is 6.21.